The third-order valence-corrected chi connectivity index (χ3v) is 3.88. The van der Waals surface area contributed by atoms with Crippen molar-refractivity contribution in [3.63, 3.8) is 0 Å². The summed E-state index contributed by atoms with van der Waals surface area (Å²) in [6.07, 6.45) is 4.33. The minimum Gasteiger partial charge on any atom is -0.381 e. The number of aromatic nitrogens is 1. The molecule has 0 amide bonds. The number of aryl methyl sites for hydroxylation is 1. The highest BCUT2D eigenvalue weighted by atomic mass is 35.5. The van der Waals surface area contributed by atoms with E-state index >= 15 is 0 Å². The van der Waals surface area contributed by atoms with E-state index in [1.807, 2.05) is 12.3 Å². The van der Waals surface area contributed by atoms with E-state index in [1.54, 1.807) is 7.11 Å². The Morgan fingerprint density at radius 3 is 2.95 bits per heavy atom. The molecule has 1 aliphatic heterocycles. The smallest absolute Gasteiger partial charge is 0.0599 e. The lowest BCUT2D eigenvalue weighted by atomic mass is 9.98. The molecule has 0 spiro atoms. The number of pyridine rings is 1. The molecule has 2 atom stereocenters. The fourth-order valence-electron chi connectivity index (χ4n) is 2.63. The molecule has 1 aromatic heterocycles. The molecule has 4 nitrogen and oxygen atoms in total. The van der Waals surface area contributed by atoms with Crippen LogP contribution in [0.2, 0.25) is 0 Å². The van der Waals surface area contributed by atoms with Gasteiger partial charge < -0.3 is 10.5 Å². The van der Waals surface area contributed by atoms with Crippen LogP contribution in [0.3, 0.4) is 0 Å². The lowest BCUT2D eigenvalue weighted by Crippen LogP contribution is -2.48. The fourth-order valence-corrected chi connectivity index (χ4v) is 2.63. The standard InChI is InChI=1S/C14H23N3O.ClH/c1-11-12(4-3-6-16-11)10-17-7-5-14(18-2)8-13(17)9-15;/h3-4,6,13-14H,5,7-10,15H2,1-2H3;1H. The summed E-state index contributed by atoms with van der Waals surface area (Å²) in [5.74, 6) is 0. The second-order valence-corrected chi connectivity index (χ2v) is 4.99. The molecule has 1 aliphatic rings. The third kappa shape index (κ3) is 4.14. The van der Waals surface area contributed by atoms with Crippen LogP contribution in [0.25, 0.3) is 0 Å². The van der Waals surface area contributed by atoms with E-state index < -0.39 is 0 Å². The van der Waals surface area contributed by atoms with Gasteiger partial charge in [-0.3, -0.25) is 9.88 Å². The number of nitrogens with zero attached hydrogens (tertiary/aromatic N) is 2. The second kappa shape index (κ2) is 7.80. The van der Waals surface area contributed by atoms with E-state index in [1.165, 1.54) is 5.56 Å². The molecule has 2 unspecified atom stereocenters. The maximum atomic E-state index is 5.89. The van der Waals surface area contributed by atoms with Crippen molar-refractivity contribution in [2.75, 3.05) is 20.2 Å². The molecule has 0 saturated carbocycles. The Hall–Kier alpha value is -0.680. The highest BCUT2D eigenvalue weighted by Gasteiger charge is 2.27. The SMILES string of the molecule is COC1CCN(Cc2cccnc2C)C(CN)C1.Cl. The first-order valence-electron chi connectivity index (χ1n) is 6.62. The van der Waals surface area contributed by atoms with Crippen LogP contribution in [0, 0.1) is 6.92 Å². The molecule has 0 aliphatic carbocycles. The van der Waals surface area contributed by atoms with Gasteiger partial charge in [0.15, 0.2) is 0 Å². The Balaban J connectivity index is 0.00000180. The molecular formula is C14H24ClN3O. The van der Waals surface area contributed by atoms with Crippen molar-refractivity contribution in [2.24, 2.45) is 5.73 Å². The molecule has 5 heteroatoms. The van der Waals surface area contributed by atoms with Crippen LogP contribution in [0.15, 0.2) is 18.3 Å². The maximum absolute atomic E-state index is 5.89. The summed E-state index contributed by atoms with van der Waals surface area (Å²) >= 11 is 0. The number of piperidine rings is 1. The minimum absolute atomic E-state index is 0. The monoisotopic (exact) mass is 285 g/mol. The zero-order valence-corrected chi connectivity index (χ0v) is 12.5. The van der Waals surface area contributed by atoms with E-state index in [9.17, 15) is 0 Å². The van der Waals surface area contributed by atoms with Gasteiger partial charge in [-0.2, -0.15) is 0 Å². The van der Waals surface area contributed by atoms with Gasteiger partial charge >= 0.3 is 0 Å². The Kier molecular flexibility index (Phi) is 6.72. The second-order valence-electron chi connectivity index (χ2n) is 4.99. The quantitative estimate of drug-likeness (QED) is 0.916. The molecule has 0 aromatic carbocycles. The Labute approximate surface area is 121 Å². The first kappa shape index (κ1) is 16.4. The zero-order chi connectivity index (χ0) is 13.0. The van der Waals surface area contributed by atoms with Crippen LogP contribution >= 0.6 is 12.4 Å². The average molecular weight is 286 g/mol. The van der Waals surface area contributed by atoms with E-state index in [2.05, 4.69) is 22.9 Å². The normalized spacial score (nSPS) is 23.9. The molecule has 2 rings (SSSR count). The Morgan fingerprint density at radius 1 is 1.53 bits per heavy atom. The number of likely N-dealkylation sites (tertiary alicyclic amines) is 1. The van der Waals surface area contributed by atoms with Crippen molar-refractivity contribution in [3.8, 4) is 0 Å². The highest BCUT2D eigenvalue weighted by Crippen LogP contribution is 2.21. The molecular weight excluding hydrogens is 262 g/mol. The van der Waals surface area contributed by atoms with E-state index in [4.69, 9.17) is 10.5 Å². The van der Waals surface area contributed by atoms with Crippen LogP contribution < -0.4 is 5.73 Å². The van der Waals surface area contributed by atoms with Gasteiger partial charge in [0.2, 0.25) is 0 Å². The summed E-state index contributed by atoms with van der Waals surface area (Å²) < 4.78 is 5.45. The molecule has 0 radical (unpaired) electrons. The van der Waals surface area contributed by atoms with Crippen molar-refractivity contribution in [2.45, 2.75) is 38.5 Å². The first-order valence-corrected chi connectivity index (χ1v) is 6.62. The van der Waals surface area contributed by atoms with Crippen molar-refractivity contribution in [1.82, 2.24) is 9.88 Å². The fraction of sp³-hybridized carbons (Fsp3) is 0.643. The van der Waals surface area contributed by atoms with Crippen LogP contribution in [0.4, 0.5) is 0 Å². The number of ether oxygens (including phenoxy) is 1. The van der Waals surface area contributed by atoms with Crippen LogP contribution in [0.1, 0.15) is 24.1 Å². The van der Waals surface area contributed by atoms with Crippen molar-refractivity contribution in [3.05, 3.63) is 29.6 Å². The lowest BCUT2D eigenvalue weighted by molar-refractivity contribution is 0.0101. The number of halogens is 1. The number of hydrogen-bond donors (Lipinski definition) is 1. The van der Waals surface area contributed by atoms with E-state index in [-0.39, 0.29) is 12.4 Å². The Morgan fingerprint density at radius 2 is 2.32 bits per heavy atom. The maximum Gasteiger partial charge on any atom is 0.0599 e. The molecule has 1 aromatic rings. The predicted molar refractivity (Wildman–Crippen MR) is 79.5 cm³/mol. The molecule has 2 N–H and O–H groups in total. The summed E-state index contributed by atoms with van der Waals surface area (Å²) in [7, 11) is 1.79. The molecule has 0 bridgehead atoms. The topological polar surface area (TPSA) is 51.4 Å². The van der Waals surface area contributed by atoms with Gasteiger partial charge in [-0.25, -0.2) is 0 Å². The van der Waals surface area contributed by atoms with Gasteiger partial charge in [0.1, 0.15) is 0 Å². The van der Waals surface area contributed by atoms with Crippen molar-refractivity contribution >= 4 is 12.4 Å². The summed E-state index contributed by atoms with van der Waals surface area (Å²) in [4.78, 5) is 6.80. The van der Waals surface area contributed by atoms with Gasteiger partial charge in [0.05, 0.1) is 6.10 Å². The zero-order valence-electron chi connectivity index (χ0n) is 11.7. The molecule has 2 heterocycles. The number of nitrogens with two attached hydrogens (primary N) is 1. The number of rotatable bonds is 4. The summed E-state index contributed by atoms with van der Waals surface area (Å²) in [6.45, 7) is 4.75. The third-order valence-electron chi connectivity index (χ3n) is 3.88. The highest BCUT2D eigenvalue weighted by molar-refractivity contribution is 5.85. The largest absolute Gasteiger partial charge is 0.381 e. The number of hydrogen-bond acceptors (Lipinski definition) is 4. The van der Waals surface area contributed by atoms with E-state index in [0.717, 1.165) is 31.6 Å². The van der Waals surface area contributed by atoms with Crippen LogP contribution in [-0.4, -0.2) is 42.2 Å². The van der Waals surface area contributed by atoms with Crippen LogP contribution in [0.5, 0.6) is 0 Å². The Bertz CT molecular complexity index is 389. The van der Waals surface area contributed by atoms with Gasteiger partial charge in [0, 0.05) is 44.7 Å². The van der Waals surface area contributed by atoms with Gasteiger partial charge in [0.25, 0.3) is 0 Å². The lowest BCUT2D eigenvalue weighted by Gasteiger charge is -2.38. The molecule has 108 valence electrons. The molecule has 19 heavy (non-hydrogen) atoms. The molecule has 1 saturated heterocycles. The minimum atomic E-state index is 0. The van der Waals surface area contributed by atoms with Crippen LogP contribution in [-0.2, 0) is 11.3 Å². The molecule has 1 fully saturated rings. The van der Waals surface area contributed by atoms with Gasteiger partial charge in [-0.1, -0.05) is 6.07 Å². The van der Waals surface area contributed by atoms with Gasteiger partial charge in [-0.05, 0) is 31.4 Å². The number of methoxy groups -OCH3 is 1. The summed E-state index contributed by atoms with van der Waals surface area (Å²) in [5.41, 5.74) is 8.30. The summed E-state index contributed by atoms with van der Waals surface area (Å²) in [5, 5.41) is 0. The predicted octanol–water partition coefficient (Wildman–Crippen LogP) is 1.75. The summed E-state index contributed by atoms with van der Waals surface area (Å²) in [6, 6.07) is 4.57. The average Bonchev–Trinajstić information content (AvgIpc) is 2.41. The van der Waals surface area contributed by atoms with Gasteiger partial charge in [-0.15, -0.1) is 12.4 Å². The van der Waals surface area contributed by atoms with E-state index in [0.29, 0.717) is 18.7 Å². The van der Waals surface area contributed by atoms with Crippen molar-refractivity contribution in [1.29, 1.82) is 0 Å². The first-order chi connectivity index (χ1) is 8.74. The van der Waals surface area contributed by atoms with Crippen molar-refractivity contribution < 1.29 is 4.74 Å².